The number of anilines is 1. The average Bonchev–Trinajstić information content (AvgIpc) is 3.21. The van der Waals surface area contributed by atoms with Crippen LogP contribution in [0.15, 0.2) is 63.3 Å². The first-order valence-electron chi connectivity index (χ1n) is 10.7. The zero-order valence-corrected chi connectivity index (χ0v) is 20.2. The number of methoxy groups -OCH3 is 1. The Bertz CT molecular complexity index is 1460. The normalized spacial score (nSPS) is 10.8. The molecule has 2 aromatic heterocycles. The van der Waals surface area contributed by atoms with Crippen LogP contribution >= 0.6 is 11.8 Å². The summed E-state index contributed by atoms with van der Waals surface area (Å²) >= 11 is 1.23. The van der Waals surface area contributed by atoms with E-state index in [0.29, 0.717) is 28.1 Å². The van der Waals surface area contributed by atoms with Crippen molar-refractivity contribution in [1.82, 2.24) is 24.7 Å². The highest BCUT2D eigenvalue weighted by Crippen LogP contribution is 2.27. The van der Waals surface area contributed by atoms with Gasteiger partial charge >= 0.3 is 5.69 Å². The number of hydrogen-bond acceptors (Lipinski definition) is 7. The Hall–Kier alpha value is -4.12. The highest BCUT2D eigenvalue weighted by Gasteiger charge is 2.19. The van der Waals surface area contributed by atoms with Crippen molar-refractivity contribution in [3.05, 3.63) is 92.0 Å². The van der Waals surface area contributed by atoms with E-state index in [9.17, 15) is 14.4 Å². The molecule has 0 spiro atoms. The second-order valence-corrected chi connectivity index (χ2v) is 8.79. The number of nitrogens with one attached hydrogen (secondary N) is 3. The summed E-state index contributed by atoms with van der Waals surface area (Å²) in [5.41, 5.74) is 2.77. The molecule has 4 rings (SSSR count). The molecule has 2 heterocycles. The van der Waals surface area contributed by atoms with Crippen molar-refractivity contribution < 1.29 is 9.53 Å². The van der Waals surface area contributed by atoms with E-state index in [-0.39, 0.29) is 18.1 Å². The molecular formula is C24H24N6O4S. The second-order valence-electron chi connectivity index (χ2n) is 7.85. The van der Waals surface area contributed by atoms with Gasteiger partial charge in [0, 0.05) is 18.2 Å². The second kappa shape index (κ2) is 10.4. The molecule has 0 atom stereocenters. The smallest absolute Gasteiger partial charge is 0.325 e. The van der Waals surface area contributed by atoms with Gasteiger partial charge in [0.25, 0.3) is 5.56 Å². The molecule has 0 saturated heterocycles. The van der Waals surface area contributed by atoms with Gasteiger partial charge < -0.3 is 15.0 Å². The molecular weight excluding hydrogens is 468 g/mol. The number of H-pyrrole nitrogens is 2. The van der Waals surface area contributed by atoms with Crippen LogP contribution in [0.25, 0.3) is 5.69 Å². The van der Waals surface area contributed by atoms with Crippen molar-refractivity contribution >= 4 is 23.4 Å². The van der Waals surface area contributed by atoms with Gasteiger partial charge in [-0.1, -0.05) is 36.0 Å². The molecule has 0 saturated carbocycles. The summed E-state index contributed by atoms with van der Waals surface area (Å²) in [6.45, 7) is 3.95. The SMILES string of the molecule is COc1ccccc1NC(=O)CSc1nnc(Cc2cc(=O)[nH]c(=O)[nH]2)n1-c1cc(C)ccc1C. The van der Waals surface area contributed by atoms with E-state index in [1.54, 1.807) is 19.2 Å². The van der Waals surface area contributed by atoms with E-state index in [1.807, 2.05) is 48.7 Å². The van der Waals surface area contributed by atoms with Crippen molar-refractivity contribution in [2.75, 3.05) is 18.2 Å². The van der Waals surface area contributed by atoms with Gasteiger partial charge in [0.15, 0.2) is 5.16 Å². The first kappa shape index (κ1) is 24.0. The molecule has 0 aliphatic carbocycles. The first-order valence-corrected chi connectivity index (χ1v) is 11.7. The molecule has 35 heavy (non-hydrogen) atoms. The quantitative estimate of drug-likeness (QED) is 0.322. The third-order valence-corrected chi connectivity index (χ3v) is 6.11. The predicted molar refractivity (Wildman–Crippen MR) is 134 cm³/mol. The standard InChI is InChI=1S/C24H24N6O4S/c1-14-8-9-15(2)18(10-14)30-20(11-16-12-21(31)27-23(33)25-16)28-29-24(30)35-13-22(32)26-17-6-4-5-7-19(17)34-3/h4-10,12H,11,13H2,1-3H3,(H,26,32)(H2,25,27,31,33). The van der Waals surface area contributed by atoms with Crippen LogP contribution < -0.4 is 21.3 Å². The van der Waals surface area contributed by atoms with Crippen molar-refractivity contribution in [2.45, 2.75) is 25.4 Å². The van der Waals surface area contributed by atoms with Gasteiger partial charge in [0.05, 0.1) is 24.2 Å². The van der Waals surface area contributed by atoms with Gasteiger partial charge in [-0.3, -0.25) is 19.1 Å². The van der Waals surface area contributed by atoms with Crippen LogP contribution in [-0.4, -0.2) is 43.5 Å². The number of carbonyl (C=O) groups is 1. The molecule has 0 aliphatic heterocycles. The molecule has 0 radical (unpaired) electrons. The average molecular weight is 493 g/mol. The van der Waals surface area contributed by atoms with Crippen molar-refractivity contribution in [3.63, 3.8) is 0 Å². The summed E-state index contributed by atoms with van der Waals surface area (Å²) in [7, 11) is 1.54. The number of aryl methyl sites for hydroxylation is 2. The maximum absolute atomic E-state index is 12.7. The lowest BCUT2D eigenvalue weighted by atomic mass is 10.1. The Kier molecular flexibility index (Phi) is 7.16. The summed E-state index contributed by atoms with van der Waals surface area (Å²) < 4.78 is 7.14. The molecule has 180 valence electrons. The number of ether oxygens (including phenoxy) is 1. The van der Waals surface area contributed by atoms with Crippen LogP contribution in [0.4, 0.5) is 5.69 Å². The number of carbonyl (C=O) groups excluding carboxylic acids is 1. The minimum atomic E-state index is -0.590. The number of thioether (sulfide) groups is 1. The Balaban J connectivity index is 1.64. The van der Waals surface area contributed by atoms with Crippen LogP contribution in [0, 0.1) is 13.8 Å². The maximum Gasteiger partial charge on any atom is 0.325 e. The van der Waals surface area contributed by atoms with Crippen molar-refractivity contribution in [1.29, 1.82) is 0 Å². The van der Waals surface area contributed by atoms with Crippen LogP contribution in [0.3, 0.4) is 0 Å². The summed E-state index contributed by atoms with van der Waals surface area (Å²) in [5, 5.41) is 12.0. The maximum atomic E-state index is 12.7. The van der Waals surface area contributed by atoms with Gasteiger partial charge in [-0.25, -0.2) is 4.79 Å². The monoisotopic (exact) mass is 492 g/mol. The number of rotatable bonds is 8. The number of para-hydroxylation sites is 2. The van der Waals surface area contributed by atoms with E-state index in [1.165, 1.54) is 17.8 Å². The van der Waals surface area contributed by atoms with Gasteiger partial charge in [-0.15, -0.1) is 10.2 Å². The molecule has 4 aromatic rings. The van der Waals surface area contributed by atoms with Crippen molar-refractivity contribution in [2.24, 2.45) is 0 Å². The molecule has 0 unspecified atom stereocenters. The molecule has 11 heteroatoms. The molecule has 0 aliphatic rings. The predicted octanol–water partition coefficient (Wildman–Crippen LogP) is 2.59. The lowest BCUT2D eigenvalue weighted by Crippen LogP contribution is -2.23. The third-order valence-electron chi connectivity index (χ3n) is 5.18. The van der Waals surface area contributed by atoms with Crippen LogP contribution in [0.1, 0.15) is 22.6 Å². The number of aromatic amines is 2. The van der Waals surface area contributed by atoms with E-state index in [0.717, 1.165) is 16.8 Å². The van der Waals surface area contributed by atoms with Crippen LogP contribution in [0.5, 0.6) is 5.75 Å². The molecule has 2 aromatic carbocycles. The number of nitrogens with zero attached hydrogens (tertiary/aromatic N) is 3. The third kappa shape index (κ3) is 5.69. The van der Waals surface area contributed by atoms with Crippen LogP contribution in [-0.2, 0) is 11.2 Å². The highest BCUT2D eigenvalue weighted by molar-refractivity contribution is 7.99. The minimum Gasteiger partial charge on any atom is -0.495 e. The summed E-state index contributed by atoms with van der Waals surface area (Å²) in [4.78, 5) is 40.9. The Labute approximate surface area is 204 Å². The Morgan fingerprint density at radius 1 is 1.09 bits per heavy atom. The van der Waals surface area contributed by atoms with Gasteiger partial charge in [-0.2, -0.15) is 0 Å². The summed E-state index contributed by atoms with van der Waals surface area (Å²) in [6, 6.07) is 14.5. The van der Waals surface area contributed by atoms with Gasteiger partial charge in [-0.05, 0) is 43.2 Å². The summed E-state index contributed by atoms with van der Waals surface area (Å²) in [6.07, 6.45) is 0.174. The fourth-order valence-corrected chi connectivity index (χ4v) is 4.32. The molecule has 0 bridgehead atoms. The minimum absolute atomic E-state index is 0.0862. The van der Waals surface area contributed by atoms with E-state index in [4.69, 9.17) is 4.74 Å². The lowest BCUT2D eigenvalue weighted by Gasteiger charge is -2.14. The van der Waals surface area contributed by atoms with Gasteiger partial charge in [0.1, 0.15) is 11.6 Å². The lowest BCUT2D eigenvalue weighted by molar-refractivity contribution is -0.113. The van der Waals surface area contributed by atoms with Gasteiger partial charge in [0.2, 0.25) is 5.91 Å². The highest BCUT2D eigenvalue weighted by atomic mass is 32.2. The number of aromatic nitrogens is 5. The molecule has 10 nitrogen and oxygen atoms in total. The Morgan fingerprint density at radius 2 is 1.89 bits per heavy atom. The fraction of sp³-hybridized carbons (Fsp3) is 0.208. The van der Waals surface area contributed by atoms with E-state index >= 15 is 0 Å². The largest absolute Gasteiger partial charge is 0.495 e. The van der Waals surface area contributed by atoms with Crippen molar-refractivity contribution in [3.8, 4) is 11.4 Å². The van der Waals surface area contributed by atoms with E-state index < -0.39 is 11.2 Å². The van der Waals surface area contributed by atoms with E-state index in [2.05, 4.69) is 25.5 Å². The number of hydrogen-bond donors (Lipinski definition) is 3. The summed E-state index contributed by atoms with van der Waals surface area (Å²) in [5.74, 6) is 0.949. The molecule has 3 N–H and O–H groups in total. The number of benzene rings is 2. The zero-order valence-electron chi connectivity index (χ0n) is 19.4. The van der Waals surface area contributed by atoms with Crippen LogP contribution in [0.2, 0.25) is 0 Å². The topological polar surface area (TPSA) is 135 Å². The zero-order chi connectivity index (χ0) is 24.9. The first-order chi connectivity index (χ1) is 16.8. The molecule has 0 fully saturated rings. The fourth-order valence-electron chi connectivity index (χ4n) is 3.56. The Morgan fingerprint density at radius 3 is 2.66 bits per heavy atom. The number of amides is 1. The molecule has 1 amide bonds.